The van der Waals surface area contributed by atoms with Crippen molar-refractivity contribution < 1.29 is 9.47 Å². The molecule has 0 aromatic rings. The quantitative estimate of drug-likeness (QED) is 0.341. The zero-order valence-electron chi connectivity index (χ0n) is 8.51. The minimum absolute atomic E-state index is 0.131. The summed E-state index contributed by atoms with van der Waals surface area (Å²) < 4.78 is 10.6. The van der Waals surface area contributed by atoms with Gasteiger partial charge in [-0.2, -0.15) is 0 Å². The lowest BCUT2D eigenvalue weighted by Gasteiger charge is -2.12. The number of hydrogen-bond donors (Lipinski definition) is 2. The molecule has 0 amide bonds. The fourth-order valence-electron chi connectivity index (χ4n) is 0.879. The van der Waals surface area contributed by atoms with Crippen LogP contribution in [0, 0.1) is 5.41 Å². The maximum Gasteiger partial charge on any atom is 0.0906 e. The van der Waals surface area contributed by atoms with E-state index in [4.69, 9.17) is 20.6 Å². The third kappa shape index (κ3) is 9.30. The first kappa shape index (κ1) is 12.4. The minimum atomic E-state index is 0.131. The highest BCUT2D eigenvalue weighted by molar-refractivity contribution is 5.76. The van der Waals surface area contributed by atoms with Crippen molar-refractivity contribution in [3.63, 3.8) is 0 Å². The molecule has 0 rings (SSSR count). The lowest BCUT2D eigenvalue weighted by molar-refractivity contribution is -0.00360. The fraction of sp³-hybridized carbons (Fsp3) is 0.889. The van der Waals surface area contributed by atoms with Crippen molar-refractivity contribution in [2.75, 3.05) is 19.8 Å². The Labute approximate surface area is 79.9 Å². The molecule has 0 aromatic heterocycles. The number of amidine groups is 1. The molecule has 4 heteroatoms. The molecule has 0 aliphatic carbocycles. The normalized spacial score (nSPS) is 12.8. The average Bonchev–Trinajstić information content (AvgIpc) is 2.08. The van der Waals surface area contributed by atoms with Gasteiger partial charge in [-0.25, -0.2) is 0 Å². The van der Waals surface area contributed by atoms with E-state index in [0.29, 0.717) is 19.6 Å². The smallest absolute Gasteiger partial charge is 0.0906 e. The third-order valence-corrected chi connectivity index (χ3v) is 1.55. The summed E-state index contributed by atoms with van der Waals surface area (Å²) in [5, 5.41) is 6.99. The van der Waals surface area contributed by atoms with Crippen molar-refractivity contribution in [1.29, 1.82) is 5.41 Å². The predicted octanol–water partition coefficient (Wildman–Crippen LogP) is 1.14. The van der Waals surface area contributed by atoms with Gasteiger partial charge in [-0.05, 0) is 20.3 Å². The highest BCUT2D eigenvalue weighted by Crippen LogP contribution is 1.95. The van der Waals surface area contributed by atoms with E-state index in [0.717, 1.165) is 13.0 Å². The lowest BCUT2D eigenvalue weighted by Crippen LogP contribution is -2.17. The molecule has 0 aliphatic heterocycles. The molecule has 0 saturated carbocycles. The second kappa shape index (κ2) is 8.01. The minimum Gasteiger partial charge on any atom is -0.388 e. The maximum atomic E-state index is 6.99. The van der Waals surface area contributed by atoms with Crippen LogP contribution >= 0.6 is 0 Å². The summed E-state index contributed by atoms with van der Waals surface area (Å²) in [5.41, 5.74) is 5.19. The molecule has 1 atom stereocenters. The Kier molecular flexibility index (Phi) is 7.63. The molecule has 13 heavy (non-hydrogen) atoms. The Hall–Kier alpha value is -0.610. The Morgan fingerprint density at radius 1 is 1.54 bits per heavy atom. The van der Waals surface area contributed by atoms with E-state index in [1.807, 2.05) is 13.8 Å². The molecule has 1 unspecified atom stereocenters. The summed E-state index contributed by atoms with van der Waals surface area (Å²) >= 11 is 0. The van der Waals surface area contributed by atoms with E-state index in [1.54, 1.807) is 0 Å². The van der Waals surface area contributed by atoms with Gasteiger partial charge in [-0.1, -0.05) is 0 Å². The Morgan fingerprint density at radius 3 is 2.77 bits per heavy atom. The monoisotopic (exact) mass is 188 g/mol. The fourth-order valence-corrected chi connectivity index (χ4v) is 0.879. The molecule has 0 aliphatic rings. The molecule has 3 N–H and O–H groups in total. The molecular weight excluding hydrogens is 168 g/mol. The molecule has 78 valence electrons. The first-order valence-electron chi connectivity index (χ1n) is 4.69. The topological polar surface area (TPSA) is 68.3 Å². The van der Waals surface area contributed by atoms with E-state index in [1.165, 1.54) is 0 Å². The van der Waals surface area contributed by atoms with Crippen LogP contribution in [-0.2, 0) is 9.47 Å². The molecular formula is C9H20N2O2. The average molecular weight is 188 g/mol. The molecule has 0 spiro atoms. The molecule has 0 fully saturated rings. The van der Waals surface area contributed by atoms with Crippen LogP contribution in [0.3, 0.4) is 0 Å². The van der Waals surface area contributed by atoms with Gasteiger partial charge >= 0.3 is 0 Å². The highest BCUT2D eigenvalue weighted by atomic mass is 16.5. The third-order valence-electron chi connectivity index (χ3n) is 1.55. The molecule has 0 aromatic carbocycles. The van der Waals surface area contributed by atoms with E-state index in [2.05, 4.69) is 0 Å². The van der Waals surface area contributed by atoms with Crippen molar-refractivity contribution in [1.82, 2.24) is 0 Å². The summed E-state index contributed by atoms with van der Waals surface area (Å²) in [6.07, 6.45) is 1.56. The van der Waals surface area contributed by atoms with Gasteiger partial charge < -0.3 is 15.2 Å². The Morgan fingerprint density at radius 2 is 2.23 bits per heavy atom. The van der Waals surface area contributed by atoms with Crippen LogP contribution < -0.4 is 5.73 Å². The van der Waals surface area contributed by atoms with Crippen molar-refractivity contribution in [3.05, 3.63) is 0 Å². The summed E-state index contributed by atoms with van der Waals surface area (Å²) in [4.78, 5) is 0. The van der Waals surface area contributed by atoms with Crippen LogP contribution in [0.15, 0.2) is 0 Å². The van der Waals surface area contributed by atoms with Crippen LogP contribution in [-0.4, -0.2) is 31.8 Å². The van der Waals surface area contributed by atoms with E-state index in [9.17, 15) is 0 Å². The van der Waals surface area contributed by atoms with E-state index >= 15 is 0 Å². The number of ether oxygens (including phenoxy) is 2. The first-order valence-corrected chi connectivity index (χ1v) is 4.69. The summed E-state index contributed by atoms with van der Waals surface area (Å²) in [7, 11) is 0. The van der Waals surface area contributed by atoms with Crippen LogP contribution in [0.1, 0.15) is 26.7 Å². The largest absolute Gasteiger partial charge is 0.388 e. The van der Waals surface area contributed by atoms with Gasteiger partial charge in [0.25, 0.3) is 0 Å². The second-order valence-corrected chi connectivity index (χ2v) is 2.97. The van der Waals surface area contributed by atoms with Gasteiger partial charge in [0.15, 0.2) is 0 Å². The van der Waals surface area contributed by atoms with Crippen LogP contribution in [0.2, 0.25) is 0 Å². The van der Waals surface area contributed by atoms with Crippen molar-refractivity contribution in [3.8, 4) is 0 Å². The number of nitrogens with one attached hydrogen (secondary N) is 1. The van der Waals surface area contributed by atoms with Crippen LogP contribution in [0.4, 0.5) is 0 Å². The molecule has 0 radical (unpaired) electrons. The number of rotatable bonds is 8. The van der Waals surface area contributed by atoms with Crippen molar-refractivity contribution in [2.45, 2.75) is 32.8 Å². The molecule has 0 heterocycles. The van der Waals surface area contributed by atoms with Gasteiger partial charge in [-0.3, -0.25) is 5.41 Å². The zero-order valence-corrected chi connectivity index (χ0v) is 8.51. The van der Waals surface area contributed by atoms with Gasteiger partial charge in [0, 0.05) is 19.6 Å². The van der Waals surface area contributed by atoms with Gasteiger partial charge in [0.05, 0.1) is 18.5 Å². The molecule has 0 saturated heterocycles. The highest BCUT2D eigenvalue weighted by Gasteiger charge is 2.00. The van der Waals surface area contributed by atoms with E-state index in [-0.39, 0.29) is 11.9 Å². The maximum absolute atomic E-state index is 6.99. The van der Waals surface area contributed by atoms with Crippen molar-refractivity contribution >= 4 is 5.84 Å². The number of hydrogen-bond acceptors (Lipinski definition) is 3. The van der Waals surface area contributed by atoms with E-state index < -0.39 is 0 Å². The predicted molar refractivity (Wildman–Crippen MR) is 53.1 cm³/mol. The SMILES string of the molecule is CCOCC(C)OCCCC(=N)N. The second-order valence-electron chi connectivity index (χ2n) is 2.97. The van der Waals surface area contributed by atoms with Crippen LogP contribution in [0.25, 0.3) is 0 Å². The van der Waals surface area contributed by atoms with Crippen molar-refractivity contribution in [2.24, 2.45) is 5.73 Å². The Balaban J connectivity index is 3.16. The molecule has 0 bridgehead atoms. The van der Waals surface area contributed by atoms with Crippen LogP contribution in [0.5, 0.6) is 0 Å². The zero-order chi connectivity index (χ0) is 10.1. The number of nitrogens with two attached hydrogens (primary N) is 1. The van der Waals surface area contributed by atoms with Gasteiger partial charge in [0.2, 0.25) is 0 Å². The summed E-state index contributed by atoms with van der Waals surface area (Å²) in [6, 6.07) is 0. The van der Waals surface area contributed by atoms with Gasteiger partial charge in [0.1, 0.15) is 0 Å². The summed E-state index contributed by atoms with van der Waals surface area (Å²) in [5.74, 6) is 0.223. The lowest BCUT2D eigenvalue weighted by atomic mass is 10.3. The van der Waals surface area contributed by atoms with Gasteiger partial charge in [-0.15, -0.1) is 0 Å². The summed E-state index contributed by atoms with van der Waals surface area (Å²) in [6.45, 7) is 5.94. The first-order chi connectivity index (χ1) is 6.16. The standard InChI is InChI=1S/C9H20N2O2/c1-3-12-7-8(2)13-6-4-5-9(10)11/h8H,3-7H2,1-2H3,(H3,10,11). The molecule has 4 nitrogen and oxygen atoms in total. The Bertz CT molecular complexity index is 140.